The molecule has 1 aromatic heterocycles. The number of hydrogen-bond acceptors (Lipinski definition) is 5. The van der Waals surface area contributed by atoms with Crippen LogP contribution in [0.2, 0.25) is 0 Å². The summed E-state index contributed by atoms with van der Waals surface area (Å²) < 4.78 is 47.0. The number of benzene rings is 2. The highest BCUT2D eigenvalue weighted by Gasteiger charge is 2.47. The van der Waals surface area contributed by atoms with Crippen molar-refractivity contribution in [1.29, 1.82) is 0 Å². The van der Waals surface area contributed by atoms with Crippen molar-refractivity contribution < 1.29 is 27.4 Å². The van der Waals surface area contributed by atoms with Crippen LogP contribution < -0.4 is 9.64 Å². The number of rotatable bonds is 2. The number of halogens is 3. The number of alkyl halides is 3. The van der Waals surface area contributed by atoms with E-state index >= 15 is 0 Å². The number of anilines is 1. The summed E-state index contributed by atoms with van der Waals surface area (Å²) in [6, 6.07) is 11.4. The summed E-state index contributed by atoms with van der Waals surface area (Å²) >= 11 is 0. The van der Waals surface area contributed by atoms with Crippen LogP contribution in [0.3, 0.4) is 0 Å². The topological polar surface area (TPSA) is 67.4 Å². The molecule has 0 saturated carbocycles. The molecule has 1 N–H and O–H groups in total. The number of nitrogens with one attached hydrogen (secondary N) is 1. The van der Waals surface area contributed by atoms with Crippen molar-refractivity contribution in [3.05, 3.63) is 53.6 Å². The van der Waals surface area contributed by atoms with E-state index in [2.05, 4.69) is 14.7 Å². The third-order valence-electron chi connectivity index (χ3n) is 5.47. The molecule has 0 atom stereocenters. The molecule has 9 heteroatoms. The monoisotopic (exact) mass is 403 g/mol. The largest absolute Gasteiger partial charge is 0.573 e. The first kappa shape index (κ1) is 17.8. The average Bonchev–Trinajstić information content (AvgIpc) is 3.21. The van der Waals surface area contributed by atoms with E-state index in [1.165, 1.54) is 18.2 Å². The van der Waals surface area contributed by atoms with Crippen molar-refractivity contribution >= 4 is 23.0 Å². The first-order chi connectivity index (χ1) is 13.8. The lowest BCUT2D eigenvalue weighted by molar-refractivity contribution is -0.274. The lowest BCUT2D eigenvalue weighted by Gasteiger charge is -2.38. The zero-order valence-electron chi connectivity index (χ0n) is 15.1. The van der Waals surface area contributed by atoms with E-state index in [1.54, 1.807) is 6.07 Å². The quantitative estimate of drug-likeness (QED) is 0.652. The molecule has 1 fully saturated rings. The van der Waals surface area contributed by atoms with Gasteiger partial charge in [0, 0.05) is 37.6 Å². The van der Waals surface area contributed by atoms with Gasteiger partial charge in [0.05, 0.1) is 16.6 Å². The molecule has 1 saturated heterocycles. The minimum absolute atomic E-state index is 0.296. The summed E-state index contributed by atoms with van der Waals surface area (Å²) in [5, 5.41) is 0. The van der Waals surface area contributed by atoms with Crippen LogP contribution in [0.4, 0.5) is 19.1 Å². The molecule has 5 rings (SSSR count). The number of ether oxygens (including phenoxy) is 2. The van der Waals surface area contributed by atoms with Crippen LogP contribution in [0.5, 0.6) is 5.75 Å². The molecule has 150 valence electrons. The average molecular weight is 403 g/mol. The van der Waals surface area contributed by atoms with Crippen molar-refractivity contribution in [2.24, 2.45) is 0 Å². The summed E-state index contributed by atoms with van der Waals surface area (Å²) in [4.78, 5) is 21.7. The Hall–Kier alpha value is -3.23. The van der Waals surface area contributed by atoms with Gasteiger partial charge in [-0.1, -0.05) is 18.2 Å². The second kappa shape index (κ2) is 6.13. The lowest BCUT2D eigenvalue weighted by atomic mass is 9.84. The molecule has 0 unspecified atom stereocenters. The maximum Gasteiger partial charge on any atom is 0.573 e. The number of hydrogen-bond donors (Lipinski definition) is 1. The fourth-order valence-electron chi connectivity index (χ4n) is 4.12. The molecule has 1 spiro atoms. The maximum absolute atomic E-state index is 12.4. The van der Waals surface area contributed by atoms with Gasteiger partial charge in [0.25, 0.3) is 0 Å². The first-order valence-electron chi connectivity index (χ1n) is 9.16. The summed E-state index contributed by atoms with van der Waals surface area (Å²) in [6.45, 7) is 1.18. The van der Waals surface area contributed by atoms with Gasteiger partial charge in [-0.3, -0.25) is 0 Å². The van der Waals surface area contributed by atoms with Gasteiger partial charge in [0.15, 0.2) is 0 Å². The Bertz CT molecular complexity index is 1100. The number of carbonyl (C=O) groups excluding carboxylic acids is 1. The Balaban J connectivity index is 1.36. The molecule has 6 nitrogen and oxygen atoms in total. The van der Waals surface area contributed by atoms with Gasteiger partial charge in [-0.25, -0.2) is 9.78 Å². The summed E-state index contributed by atoms with van der Waals surface area (Å²) in [6.07, 6.45) is -3.53. The smallest absolute Gasteiger partial charge is 0.450 e. The summed E-state index contributed by atoms with van der Waals surface area (Å²) in [5.41, 5.74) is 1.92. The molecule has 2 aromatic carbocycles. The van der Waals surface area contributed by atoms with E-state index in [-0.39, 0.29) is 11.7 Å². The van der Waals surface area contributed by atoms with Crippen molar-refractivity contribution in [2.45, 2.75) is 24.8 Å². The summed E-state index contributed by atoms with van der Waals surface area (Å²) in [5.74, 6) is -0.0401. The van der Waals surface area contributed by atoms with Crippen LogP contribution in [-0.4, -0.2) is 35.4 Å². The molecular formula is C20H16F3N3O3. The van der Waals surface area contributed by atoms with E-state index in [4.69, 9.17) is 4.74 Å². The maximum atomic E-state index is 12.4. The standard InChI is InChI=1S/C20H16F3N3O3/c21-20(22,23)28-12-5-6-15-16(11-12)25-18(24-15)26-9-7-19(8-10-26)14-4-2-1-3-13(14)17(27)29-19/h1-6,11H,7-10H2,(H,24,25). The van der Waals surface area contributed by atoms with Crippen LogP contribution in [0, 0.1) is 0 Å². The summed E-state index contributed by atoms with van der Waals surface area (Å²) in [7, 11) is 0. The van der Waals surface area contributed by atoms with Crippen LogP contribution in [0.1, 0.15) is 28.8 Å². The van der Waals surface area contributed by atoms with E-state index in [9.17, 15) is 18.0 Å². The number of esters is 1. The molecule has 29 heavy (non-hydrogen) atoms. The van der Waals surface area contributed by atoms with Gasteiger partial charge >= 0.3 is 12.3 Å². The normalized spacial score (nSPS) is 18.2. The Morgan fingerprint density at radius 3 is 2.66 bits per heavy atom. The fraction of sp³-hybridized carbons (Fsp3) is 0.300. The Morgan fingerprint density at radius 2 is 1.90 bits per heavy atom. The second-order valence-electron chi connectivity index (χ2n) is 7.20. The lowest BCUT2D eigenvalue weighted by Crippen LogP contribution is -2.43. The van der Waals surface area contributed by atoms with E-state index in [0.29, 0.717) is 48.5 Å². The number of aromatic amines is 1. The highest BCUT2D eigenvalue weighted by Crippen LogP contribution is 2.44. The molecule has 0 amide bonds. The van der Waals surface area contributed by atoms with Gasteiger partial charge in [-0.15, -0.1) is 13.2 Å². The van der Waals surface area contributed by atoms with E-state index in [1.807, 2.05) is 23.1 Å². The number of nitrogens with zero attached hydrogens (tertiary/aromatic N) is 2. The number of imidazole rings is 1. The zero-order chi connectivity index (χ0) is 20.2. The van der Waals surface area contributed by atoms with Crippen molar-refractivity contribution in [3.8, 4) is 5.75 Å². The molecule has 2 aliphatic rings. The van der Waals surface area contributed by atoms with Gasteiger partial charge in [0.2, 0.25) is 5.95 Å². The van der Waals surface area contributed by atoms with Gasteiger partial charge in [0.1, 0.15) is 11.4 Å². The molecule has 0 radical (unpaired) electrons. The van der Waals surface area contributed by atoms with E-state index < -0.39 is 12.0 Å². The molecule has 0 aliphatic carbocycles. The predicted molar refractivity (Wildman–Crippen MR) is 97.8 cm³/mol. The molecule has 0 bridgehead atoms. The van der Waals surface area contributed by atoms with Gasteiger partial charge < -0.3 is 19.4 Å². The second-order valence-corrected chi connectivity index (χ2v) is 7.20. The Kier molecular flexibility index (Phi) is 3.77. The SMILES string of the molecule is O=C1OC2(CCN(c3nc4cc(OC(F)(F)F)ccc4[nH]3)CC2)c2ccccc21. The zero-order valence-corrected chi connectivity index (χ0v) is 15.1. The third kappa shape index (κ3) is 3.06. The number of aromatic nitrogens is 2. The highest BCUT2D eigenvalue weighted by atomic mass is 19.4. The number of H-pyrrole nitrogens is 1. The molecule has 3 heterocycles. The van der Waals surface area contributed by atoms with Crippen LogP contribution in [-0.2, 0) is 10.3 Å². The van der Waals surface area contributed by atoms with Crippen LogP contribution in [0.15, 0.2) is 42.5 Å². The Morgan fingerprint density at radius 1 is 1.14 bits per heavy atom. The number of piperidine rings is 1. The van der Waals surface area contributed by atoms with Gasteiger partial charge in [-0.05, 0) is 18.2 Å². The van der Waals surface area contributed by atoms with Crippen LogP contribution in [0.25, 0.3) is 11.0 Å². The van der Waals surface area contributed by atoms with Crippen molar-refractivity contribution in [3.63, 3.8) is 0 Å². The van der Waals surface area contributed by atoms with Crippen molar-refractivity contribution in [2.75, 3.05) is 18.0 Å². The number of carbonyl (C=O) groups is 1. The predicted octanol–water partition coefficient (Wildman–Crippen LogP) is 4.13. The minimum atomic E-state index is -4.75. The fourth-order valence-corrected chi connectivity index (χ4v) is 4.12. The number of fused-ring (bicyclic) bond motifs is 3. The molecular weight excluding hydrogens is 387 g/mol. The molecule has 3 aromatic rings. The van der Waals surface area contributed by atoms with Gasteiger partial charge in [-0.2, -0.15) is 0 Å². The van der Waals surface area contributed by atoms with E-state index in [0.717, 1.165) is 5.56 Å². The Labute approximate surface area is 163 Å². The third-order valence-corrected chi connectivity index (χ3v) is 5.47. The minimum Gasteiger partial charge on any atom is -0.450 e. The highest BCUT2D eigenvalue weighted by molar-refractivity contribution is 5.94. The van der Waals surface area contributed by atoms with Crippen molar-refractivity contribution in [1.82, 2.24) is 9.97 Å². The first-order valence-corrected chi connectivity index (χ1v) is 9.16. The van der Waals surface area contributed by atoms with Crippen LogP contribution >= 0.6 is 0 Å². The molecule has 2 aliphatic heterocycles.